The van der Waals surface area contributed by atoms with Gasteiger partial charge in [0, 0.05) is 17.7 Å². The third-order valence-electron chi connectivity index (χ3n) is 2.29. The summed E-state index contributed by atoms with van der Waals surface area (Å²) in [5.41, 5.74) is 0.528. The summed E-state index contributed by atoms with van der Waals surface area (Å²) in [5.74, 6) is 0.581. The van der Waals surface area contributed by atoms with Crippen LogP contribution in [0.25, 0.3) is 0 Å². The minimum absolute atomic E-state index is 0.0471. The Bertz CT molecular complexity index is 433. The molecule has 0 spiro atoms. The highest BCUT2D eigenvalue weighted by atomic mass is 16.1. The van der Waals surface area contributed by atoms with E-state index in [4.69, 9.17) is 0 Å². The summed E-state index contributed by atoms with van der Waals surface area (Å²) in [7, 11) is 0. The van der Waals surface area contributed by atoms with Crippen molar-refractivity contribution in [1.82, 2.24) is 9.55 Å². The molecule has 0 fully saturated rings. The summed E-state index contributed by atoms with van der Waals surface area (Å²) in [4.78, 5) is 27.3. The van der Waals surface area contributed by atoms with Gasteiger partial charge in [0.2, 0.25) is 0 Å². The second-order valence-corrected chi connectivity index (χ2v) is 3.99. The molecule has 1 aromatic rings. The lowest BCUT2D eigenvalue weighted by atomic mass is 10.1. The first kappa shape index (κ1) is 11.6. The Morgan fingerprint density at radius 3 is 2.53 bits per heavy atom. The summed E-state index contributed by atoms with van der Waals surface area (Å²) in [6.07, 6.45) is 0. The second kappa shape index (κ2) is 4.38. The SMILES string of the molecule is Cc1cc(=O)n(CC(=O)C(C)C)c(C)n1. The van der Waals surface area contributed by atoms with Crippen LogP contribution in [0.3, 0.4) is 0 Å². The summed E-state index contributed by atoms with van der Waals surface area (Å²) < 4.78 is 1.41. The molecule has 15 heavy (non-hydrogen) atoms. The zero-order chi connectivity index (χ0) is 11.6. The Morgan fingerprint density at radius 1 is 1.47 bits per heavy atom. The van der Waals surface area contributed by atoms with Crippen LogP contribution in [0.1, 0.15) is 25.4 Å². The van der Waals surface area contributed by atoms with Gasteiger partial charge >= 0.3 is 0 Å². The van der Waals surface area contributed by atoms with E-state index >= 15 is 0 Å². The molecule has 0 atom stereocenters. The van der Waals surface area contributed by atoms with Crippen molar-refractivity contribution in [2.24, 2.45) is 5.92 Å². The number of hydrogen-bond acceptors (Lipinski definition) is 3. The van der Waals surface area contributed by atoms with Crippen LogP contribution in [0.5, 0.6) is 0 Å². The van der Waals surface area contributed by atoms with E-state index in [9.17, 15) is 9.59 Å². The van der Waals surface area contributed by atoms with Gasteiger partial charge in [0.1, 0.15) is 5.82 Å². The molecule has 1 aromatic heterocycles. The van der Waals surface area contributed by atoms with Gasteiger partial charge < -0.3 is 0 Å². The number of hydrogen-bond donors (Lipinski definition) is 0. The first-order chi connectivity index (χ1) is 6.91. The predicted molar refractivity (Wildman–Crippen MR) is 57.8 cm³/mol. The van der Waals surface area contributed by atoms with Gasteiger partial charge in [-0.3, -0.25) is 14.2 Å². The zero-order valence-electron chi connectivity index (χ0n) is 9.57. The van der Waals surface area contributed by atoms with Crippen LogP contribution < -0.4 is 5.56 Å². The molecule has 0 aromatic carbocycles. The van der Waals surface area contributed by atoms with Crippen molar-refractivity contribution in [2.75, 3.05) is 0 Å². The van der Waals surface area contributed by atoms with Gasteiger partial charge in [0.05, 0.1) is 6.54 Å². The molecule has 4 nitrogen and oxygen atoms in total. The minimum atomic E-state index is -0.158. The molecule has 0 aliphatic heterocycles. The summed E-state index contributed by atoms with van der Waals surface area (Å²) >= 11 is 0. The number of aryl methyl sites for hydroxylation is 2. The van der Waals surface area contributed by atoms with Crippen LogP contribution in [-0.4, -0.2) is 15.3 Å². The summed E-state index contributed by atoms with van der Waals surface area (Å²) in [6.45, 7) is 7.27. The van der Waals surface area contributed by atoms with E-state index in [0.717, 1.165) is 0 Å². The maximum atomic E-state index is 11.6. The third kappa shape index (κ3) is 2.75. The predicted octanol–water partition coefficient (Wildman–Crippen LogP) is 1.09. The Balaban J connectivity index is 3.06. The van der Waals surface area contributed by atoms with E-state index in [1.807, 2.05) is 13.8 Å². The molecule has 0 radical (unpaired) electrons. The molecule has 0 aliphatic carbocycles. The van der Waals surface area contributed by atoms with Gasteiger partial charge in [0.25, 0.3) is 5.56 Å². The first-order valence-corrected chi connectivity index (χ1v) is 4.99. The fraction of sp³-hybridized carbons (Fsp3) is 0.545. The largest absolute Gasteiger partial charge is 0.297 e. The number of ketones is 1. The van der Waals surface area contributed by atoms with E-state index < -0.39 is 0 Å². The fourth-order valence-electron chi connectivity index (χ4n) is 1.29. The molecule has 82 valence electrons. The van der Waals surface area contributed by atoms with Gasteiger partial charge in [-0.15, -0.1) is 0 Å². The molecule has 0 N–H and O–H groups in total. The Morgan fingerprint density at radius 2 is 2.07 bits per heavy atom. The van der Waals surface area contributed by atoms with Crippen molar-refractivity contribution < 1.29 is 4.79 Å². The summed E-state index contributed by atoms with van der Waals surface area (Å²) in [5, 5.41) is 0. The van der Waals surface area contributed by atoms with Crippen molar-refractivity contribution in [3.63, 3.8) is 0 Å². The average molecular weight is 208 g/mol. The second-order valence-electron chi connectivity index (χ2n) is 3.99. The lowest BCUT2D eigenvalue weighted by Crippen LogP contribution is -2.28. The molecule has 1 heterocycles. The Kier molecular flexibility index (Phi) is 3.39. The van der Waals surface area contributed by atoms with Crippen LogP contribution in [0, 0.1) is 19.8 Å². The zero-order valence-corrected chi connectivity index (χ0v) is 9.57. The number of rotatable bonds is 3. The number of nitrogens with zero attached hydrogens (tertiary/aromatic N) is 2. The minimum Gasteiger partial charge on any atom is -0.297 e. The first-order valence-electron chi connectivity index (χ1n) is 4.99. The van der Waals surface area contributed by atoms with Crippen molar-refractivity contribution in [3.05, 3.63) is 27.9 Å². The lowest BCUT2D eigenvalue weighted by Gasteiger charge is -2.10. The average Bonchev–Trinajstić information content (AvgIpc) is 2.10. The standard InChI is InChI=1S/C11H16N2O2/c1-7(2)10(14)6-13-9(4)12-8(3)5-11(13)15/h5,7H,6H2,1-4H3. The molecular formula is C11H16N2O2. The van der Waals surface area contributed by atoms with Crippen LogP contribution in [0.4, 0.5) is 0 Å². The molecule has 0 saturated carbocycles. The molecule has 0 saturated heterocycles. The fourth-order valence-corrected chi connectivity index (χ4v) is 1.29. The quantitative estimate of drug-likeness (QED) is 0.747. The molecular weight excluding hydrogens is 192 g/mol. The van der Waals surface area contributed by atoms with E-state index in [2.05, 4.69) is 4.98 Å². The topological polar surface area (TPSA) is 52.0 Å². The molecule has 0 amide bonds. The van der Waals surface area contributed by atoms with Crippen molar-refractivity contribution in [2.45, 2.75) is 34.2 Å². The van der Waals surface area contributed by atoms with Gasteiger partial charge in [-0.05, 0) is 13.8 Å². The summed E-state index contributed by atoms with van der Waals surface area (Å²) in [6, 6.07) is 1.45. The van der Waals surface area contributed by atoms with E-state index in [1.54, 1.807) is 13.8 Å². The van der Waals surface area contributed by atoms with Gasteiger partial charge in [0.15, 0.2) is 5.78 Å². The highest BCUT2D eigenvalue weighted by molar-refractivity contribution is 5.80. The Labute approximate surface area is 89.0 Å². The highest BCUT2D eigenvalue weighted by Crippen LogP contribution is 1.99. The normalized spacial score (nSPS) is 10.7. The maximum Gasteiger partial charge on any atom is 0.254 e. The van der Waals surface area contributed by atoms with E-state index in [-0.39, 0.29) is 23.8 Å². The highest BCUT2D eigenvalue weighted by Gasteiger charge is 2.11. The molecule has 0 aliphatic rings. The van der Waals surface area contributed by atoms with Gasteiger partial charge in [-0.2, -0.15) is 0 Å². The van der Waals surface area contributed by atoms with Crippen LogP contribution in [0.15, 0.2) is 10.9 Å². The van der Waals surface area contributed by atoms with E-state index in [0.29, 0.717) is 11.5 Å². The maximum absolute atomic E-state index is 11.6. The smallest absolute Gasteiger partial charge is 0.254 e. The molecule has 4 heteroatoms. The molecule has 1 rings (SSSR count). The number of aromatic nitrogens is 2. The monoisotopic (exact) mass is 208 g/mol. The molecule has 0 unspecified atom stereocenters. The molecule has 0 bridgehead atoms. The van der Waals surface area contributed by atoms with Crippen molar-refractivity contribution >= 4 is 5.78 Å². The number of carbonyl (C=O) groups is 1. The van der Waals surface area contributed by atoms with Gasteiger partial charge in [-0.25, -0.2) is 4.98 Å². The number of Topliss-reactive ketones (excluding diaryl/α,β-unsaturated/α-hetero) is 1. The van der Waals surface area contributed by atoms with Crippen LogP contribution in [0.2, 0.25) is 0 Å². The third-order valence-corrected chi connectivity index (χ3v) is 2.29. The van der Waals surface area contributed by atoms with Crippen molar-refractivity contribution in [1.29, 1.82) is 0 Å². The Hall–Kier alpha value is -1.45. The number of carbonyl (C=O) groups excluding carboxylic acids is 1. The van der Waals surface area contributed by atoms with E-state index in [1.165, 1.54) is 10.6 Å². The van der Waals surface area contributed by atoms with Gasteiger partial charge in [-0.1, -0.05) is 13.8 Å². The lowest BCUT2D eigenvalue weighted by molar-refractivity contribution is -0.122. The van der Waals surface area contributed by atoms with Crippen LogP contribution in [-0.2, 0) is 11.3 Å². The van der Waals surface area contributed by atoms with Crippen LogP contribution >= 0.6 is 0 Å². The van der Waals surface area contributed by atoms with Crippen molar-refractivity contribution in [3.8, 4) is 0 Å².